The van der Waals surface area contributed by atoms with Crippen LogP contribution in [0.15, 0.2) is 0 Å². The third-order valence-corrected chi connectivity index (χ3v) is 5.35. The second-order valence-electron chi connectivity index (χ2n) is 5.27. The number of β-amino-alcohol motifs (C(OH)–C–C–N with tert-alkyl or cyclic N) is 1. The molecular weight excluding hydrogens is 242 g/mol. The van der Waals surface area contributed by atoms with Gasteiger partial charge in [-0.1, -0.05) is 13.3 Å². The van der Waals surface area contributed by atoms with E-state index in [0.29, 0.717) is 25.9 Å². The molecule has 2 rings (SSSR count). The van der Waals surface area contributed by atoms with E-state index in [-0.39, 0.29) is 23.3 Å². The topological polar surface area (TPSA) is 74.7 Å². The van der Waals surface area contributed by atoms with Gasteiger partial charge in [0.15, 0.2) is 9.84 Å². The summed E-state index contributed by atoms with van der Waals surface area (Å²) < 4.78 is 22.6. The lowest BCUT2D eigenvalue weighted by atomic mass is 9.88. The van der Waals surface area contributed by atoms with E-state index in [1.807, 2.05) is 6.92 Å². The summed E-state index contributed by atoms with van der Waals surface area (Å²) in [5.41, 5.74) is -0.734. The highest BCUT2D eigenvalue weighted by molar-refractivity contribution is 7.91. The number of aliphatic hydroxyl groups is 1. The van der Waals surface area contributed by atoms with E-state index in [4.69, 9.17) is 0 Å². The van der Waals surface area contributed by atoms with Gasteiger partial charge in [-0.2, -0.15) is 0 Å². The van der Waals surface area contributed by atoms with Gasteiger partial charge in [0.2, 0.25) is 5.91 Å². The lowest BCUT2D eigenvalue weighted by Crippen LogP contribution is -2.64. The minimum absolute atomic E-state index is 0.0193. The van der Waals surface area contributed by atoms with Gasteiger partial charge in [-0.3, -0.25) is 4.79 Å². The van der Waals surface area contributed by atoms with E-state index in [9.17, 15) is 18.3 Å². The van der Waals surface area contributed by atoms with Gasteiger partial charge in [0, 0.05) is 0 Å². The summed E-state index contributed by atoms with van der Waals surface area (Å²) in [6, 6.07) is 0. The van der Waals surface area contributed by atoms with Crippen molar-refractivity contribution in [2.24, 2.45) is 5.92 Å². The van der Waals surface area contributed by atoms with Gasteiger partial charge < -0.3 is 10.0 Å². The Hall–Kier alpha value is -0.620. The lowest BCUT2D eigenvalue weighted by Gasteiger charge is -2.47. The predicted molar refractivity (Wildman–Crippen MR) is 63.2 cm³/mol. The Kier molecular flexibility index (Phi) is 3.20. The van der Waals surface area contributed by atoms with Crippen molar-refractivity contribution in [2.45, 2.75) is 31.8 Å². The smallest absolute Gasteiger partial charge is 0.226 e. The Bertz CT molecular complexity index is 411. The standard InChI is InChI=1S/C11H19NO4S/c1-2-4-11(14)7-12(8-11)10(13)9-3-5-17(15,16)6-9/h9,14H,2-8H2,1H3. The fourth-order valence-electron chi connectivity index (χ4n) is 2.69. The van der Waals surface area contributed by atoms with Crippen molar-refractivity contribution in [3.8, 4) is 0 Å². The number of likely N-dealkylation sites (tertiary alicyclic amines) is 1. The molecule has 0 spiro atoms. The van der Waals surface area contributed by atoms with Gasteiger partial charge >= 0.3 is 0 Å². The van der Waals surface area contributed by atoms with Gasteiger partial charge in [-0.25, -0.2) is 8.42 Å². The Morgan fingerprint density at radius 2 is 2.12 bits per heavy atom. The van der Waals surface area contributed by atoms with E-state index in [1.165, 1.54) is 0 Å². The van der Waals surface area contributed by atoms with Gasteiger partial charge in [0.05, 0.1) is 36.1 Å². The SMILES string of the molecule is CCCC1(O)CN(C(=O)C2CCS(=O)(=O)C2)C1. The van der Waals surface area contributed by atoms with E-state index in [0.717, 1.165) is 6.42 Å². The Morgan fingerprint density at radius 3 is 2.59 bits per heavy atom. The molecular formula is C11H19NO4S. The van der Waals surface area contributed by atoms with E-state index in [2.05, 4.69) is 0 Å². The average Bonchev–Trinajstić information content (AvgIpc) is 2.54. The van der Waals surface area contributed by atoms with Crippen LogP contribution in [-0.2, 0) is 14.6 Å². The van der Waals surface area contributed by atoms with Gasteiger partial charge in [-0.15, -0.1) is 0 Å². The van der Waals surface area contributed by atoms with E-state index >= 15 is 0 Å². The minimum Gasteiger partial charge on any atom is -0.386 e. The second-order valence-corrected chi connectivity index (χ2v) is 7.50. The monoisotopic (exact) mass is 261 g/mol. The molecule has 2 saturated heterocycles. The van der Waals surface area contributed by atoms with Crippen LogP contribution < -0.4 is 0 Å². The zero-order valence-corrected chi connectivity index (χ0v) is 10.9. The van der Waals surface area contributed by atoms with Crippen LogP contribution in [0.2, 0.25) is 0 Å². The maximum atomic E-state index is 12.0. The highest BCUT2D eigenvalue weighted by atomic mass is 32.2. The van der Waals surface area contributed by atoms with Crippen LogP contribution >= 0.6 is 0 Å². The molecule has 0 bridgehead atoms. The van der Waals surface area contributed by atoms with Crippen molar-refractivity contribution in [2.75, 3.05) is 24.6 Å². The van der Waals surface area contributed by atoms with Crippen LogP contribution in [0, 0.1) is 5.92 Å². The zero-order valence-electron chi connectivity index (χ0n) is 10.1. The van der Waals surface area contributed by atoms with Crippen LogP contribution in [0.4, 0.5) is 0 Å². The number of nitrogens with zero attached hydrogens (tertiary/aromatic N) is 1. The molecule has 6 heteroatoms. The summed E-state index contributed by atoms with van der Waals surface area (Å²) in [6.45, 7) is 2.71. The van der Waals surface area contributed by atoms with Gasteiger partial charge in [0.1, 0.15) is 0 Å². The first kappa shape index (κ1) is 12.8. The summed E-state index contributed by atoms with van der Waals surface area (Å²) in [7, 11) is -3.01. The van der Waals surface area contributed by atoms with Crippen LogP contribution in [0.1, 0.15) is 26.2 Å². The third kappa shape index (κ3) is 2.63. The molecule has 1 N–H and O–H groups in total. The quantitative estimate of drug-likeness (QED) is 0.763. The van der Waals surface area contributed by atoms with Gasteiger partial charge in [0.25, 0.3) is 0 Å². The summed E-state index contributed by atoms with van der Waals surface area (Å²) in [5.74, 6) is -0.386. The molecule has 2 aliphatic rings. The van der Waals surface area contributed by atoms with Crippen molar-refractivity contribution < 1.29 is 18.3 Å². The highest BCUT2D eigenvalue weighted by Gasteiger charge is 2.46. The molecule has 1 atom stereocenters. The van der Waals surface area contributed by atoms with Crippen LogP contribution in [0.3, 0.4) is 0 Å². The van der Waals surface area contributed by atoms with Crippen molar-refractivity contribution >= 4 is 15.7 Å². The third-order valence-electron chi connectivity index (χ3n) is 3.58. The van der Waals surface area contributed by atoms with Crippen LogP contribution in [-0.4, -0.2) is 54.5 Å². The molecule has 0 aliphatic carbocycles. The summed E-state index contributed by atoms with van der Waals surface area (Å²) in [4.78, 5) is 13.5. The van der Waals surface area contributed by atoms with Gasteiger partial charge in [-0.05, 0) is 12.8 Å². The van der Waals surface area contributed by atoms with E-state index < -0.39 is 15.4 Å². The average molecular weight is 261 g/mol. The van der Waals surface area contributed by atoms with Crippen molar-refractivity contribution in [3.05, 3.63) is 0 Å². The molecule has 2 aliphatic heterocycles. The van der Waals surface area contributed by atoms with Crippen LogP contribution in [0.25, 0.3) is 0 Å². The van der Waals surface area contributed by atoms with Crippen molar-refractivity contribution in [3.63, 3.8) is 0 Å². The van der Waals surface area contributed by atoms with E-state index in [1.54, 1.807) is 4.90 Å². The molecule has 98 valence electrons. The molecule has 0 aromatic rings. The number of sulfone groups is 1. The number of carbonyl (C=O) groups excluding carboxylic acids is 1. The normalized spacial score (nSPS) is 30.0. The number of amides is 1. The first-order valence-electron chi connectivity index (χ1n) is 6.07. The molecule has 1 unspecified atom stereocenters. The first-order valence-corrected chi connectivity index (χ1v) is 7.89. The number of hydrogen-bond donors (Lipinski definition) is 1. The fraction of sp³-hybridized carbons (Fsp3) is 0.909. The highest BCUT2D eigenvalue weighted by Crippen LogP contribution is 2.29. The number of rotatable bonds is 3. The number of hydrogen-bond acceptors (Lipinski definition) is 4. The molecule has 1 amide bonds. The predicted octanol–water partition coefficient (Wildman–Crippen LogP) is -0.205. The minimum atomic E-state index is -3.01. The Morgan fingerprint density at radius 1 is 1.47 bits per heavy atom. The maximum absolute atomic E-state index is 12.0. The fourth-order valence-corrected chi connectivity index (χ4v) is 4.42. The summed E-state index contributed by atoms with van der Waals surface area (Å²) >= 11 is 0. The molecule has 0 radical (unpaired) electrons. The second kappa shape index (κ2) is 4.24. The first-order chi connectivity index (χ1) is 7.85. The molecule has 0 aromatic heterocycles. The Balaban J connectivity index is 1.88. The molecule has 5 nitrogen and oxygen atoms in total. The largest absolute Gasteiger partial charge is 0.386 e. The van der Waals surface area contributed by atoms with Crippen molar-refractivity contribution in [1.29, 1.82) is 0 Å². The molecule has 2 fully saturated rings. The molecule has 17 heavy (non-hydrogen) atoms. The lowest BCUT2D eigenvalue weighted by molar-refractivity contribution is -0.159. The molecule has 2 heterocycles. The maximum Gasteiger partial charge on any atom is 0.226 e. The summed E-state index contributed by atoms with van der Waals surface area (Å²) in [6.07, 6.45) is 2.01. The summed E-state index contributed by atoms with van der Waals surface area (Å²) in [5, 5.41) is 9.96. The number of carbonyl (C=O) groups is 1. The zero-order chi connectivity index (χ0) is 12.7. The molecule has 0 aromatic carbocycles. The Labute approximate surface area is 102 Å². The van der Waals surface area contributed by atoms with Crippen LogP contribution in [0.5, 0.6) is 0 Å². The molecule has 0 saturated carbocycles. The van der Waals surface area contributed by atoms with Crippen molar-refractivity contribution in [1.82, 2.24) is 4.90 Å².